The molecule has 0 heterocycles. The number of rotatable bonds is 3. The summed E-state index contributed by atoms with van der Waals surface area (Å²) >= 11 is 0. The number of hydrogen-bond donors (Lipinski definition) is 0. The molecule has 2 nitrogen and oxygen atoms in total. The van der Waals surface area contributed by atoms with Crippen LogP contribution in [-0.2, 0) is 4.79 Å². The van der Waals surface area contributed by atoms with Gasteiger partial charge < -0.3 is 4.90 Å². The van der Waals surface area contributed by atoms with Crippen molar-refractivity contribution in [2.45, 2.75) is 57.9 Å². The van der Waals surface area contributed by atoms with E-state index in [2.05, 4.69) is 11.8 Å². The van der Waals surface area contributed by atoms with E-state index in [1.807, 2.05) is 0 Å². The van der Waals surface area contributed by atoms with Crippen molar-refractivity contribution in [1.82, 2.24) is 4.90 Å². The first-order valence-corrected chi connectivity index (χ1v) is 7.10. The minimum Gasteiger partial charge on any atom is -0.340 e. The van der Waals surface area contributed by atoms with Gasteiger partial charge in [-0.2, -0.15) is 0 Å². The van der Waals surface area contributed by atoms with Crippen LogP contribution in [0.25, 0.3) is 0 Å². The Labute approximate surface area is 98.4 Å². The highest BCUT2D eigenvalue weighted by Crippen LogP contribution is 2.54. The molecule has 0 aromatic rings. The van der Waals surface area contributed by atoms with Gasteiger partial charge in [-0.25, -0.2) is 0 Å². The van der Waals surface area contributed by atoms with Crippen LogP contribution < -0.4 is 0 Å². The summed E-state index contributed by atoms with van der Waals surface area (Å²) in [5, 5.41) is 0. The van der Waals surface area contributed by atoms with E-state index in [1.54, 1.807) is 0 Å². The van der Waals surface area contributed by atoms with Gasteiger partial charge in [0, 0.05) is 18.5 Å². The molecule has 3 aliphatic carbocycles. The van der Waals surface area contributed by atoms with E-state index in [9.17, 15) is 4.79 Å². The molecule has 0 saturated heterocycles. The van der Waals surface area contributed by atoms with Crippen molar-refractivity contribution in [1.29, 1.82) is 0 Å². The smallest absolute Gasteiger partial charge is 0.225 e. The Balaban J connectivity index is 1.62. The van der Waals surface area contributed by atoms with Gasteiger partial charge in [-0.05, 0) is 50.9 Å². The highest BCUT2D eigenvalue weighted by molar-refractivity contribution is 5.79. The highest BCUT2D eigenvalue weighted by atomic mass is 16.2. The Morgan fingerprint density at radius 2 is 1.75 bits per heavy atom. The maximum atomic E-state index is 12.5. The standard InChI is InChI=1S/C14H23NO/c1-2-15(13-5-3-4-6-13)14(16)12-8-10-7-11(10)9-12/h10-13H,2-9H2,1H3. The van der Waals surface area contributed by atoms with Crippen LogP contribution in [0.1, 0.15) is 51.9 Å². The summed E-state index contributed by atoms with van der Waals surface area (Å²) in [5.74, 6) is 2.73. The van der Waals surface area contributed by atoms with Gasteiger partial charge in [0.2, 0.25) is 5.91 Å². The van der Waals surface area contributed by atoms with Gasteiger partial charge in [0.25, 0.3) is 0 Å². The summed E-state index contributed by atoms with van der Waals surface area (Å²) < 4.78 is 0. The molecule has 0 spiro atoms. The van der Waals surface area contributed by atoms with Crippen molar-refractivity contribution in [3.63, 3.8) is 0 Å². The number of hydrogen-bond acceptors (Lipinski definition) is 1. The van der Waals surface area contributed by atoms with Crippen molar-refractivity contribution in [3.05, 3.63) is 0 Å². The minimum atomic E-state index is 0.393. The molecule has 0 N–H and O–H groups in total. The summed E-state index contributed by atoms with van der Waals surface area (Å²) in [6.45, 7) is 3.07. The normalized spacial score (nSPS) is 37.4. The van der Waals surface area contributed by atoms with E-state index in [0.29, 0.717) is 17.9 Å². The van der Waals surface area contributed by atoms with Gasteiger partial charge in [-0.1, -0.05) is 12.8 Å². The lowest BCUT2D eigenvalue weighted by atomic mass is 10.0. The Morgan fingerprint density at radius 1 is 1.12 bits per heavy atom. The average Bonchev–Trinajstić information content (AvgIpc) is 2.75. The molecule has 0 bridgehead atoms. The Morgan fingerprint density at radius 3 is 2.31 bits per heavy atom. The first kappa shape index (κ1) is 10.6. The van der Waals surface area contributed by atoms with Crippen LogP contribution in [-0.4, -0.2) is 23.4 Å². The van der Waals surface area contributed by atoms with Crippen LogP contribution in [0.2, 0.25) is 0 Å². The molecule has 1 amide bonds. The van der Waals surface area contributed by atoms with Crippen LogP contribution in [0.4, 0.5) is 0 Å². The van der Waals surface area contributed by atoms with Crippen molar-refractivity contribution >= 4 is 5.91 Å². The lowest BCUT2D eigenvalue weighted by Gasteiger charge is -2.30. The van der Waals surface area contributed by atoms with Crippen molar-refractivity contribution in [2.24, 2.45) is 17.8 Å². The molecule has 0 aliphatic heterocycles. The molecule has 90 valence electrons. The molecular weight excluding hydrogens is 198 g/mol. The van der Waals surface area contributed by atoms with Crippen molar-refractivity contribution in [3.8, 4) is 0 Å². The molecular formula is C14H23NO. The fourth-order valence-corrected chi connectivity index (χ4v) is 3.96. The third kappa shape index (κ3) is 1.76. The summed E-state index contributed by atoms with van der Waals surface area (Å²) in [6, 6.07) is 0.578. The zero-order chi connectivity index (χ0) is 11.1. The Kier molecular flexibility index (Phi) is 2.68. The zero-order valence-corrected chi connectivity index (χ0v) is 10.3. The first-order chi connectivity index (χ1) is 7.79. The lowest BCUT2D eigenvalue weighted by Crippen LogP contribution is -2.42. The third-order valence-electron chi connectivity index (χ3n) is 4.98. The average molecular weight is 221 g/mol. The maximum Gasteiger partial charge on any atom is 0.225 e. The predicted molar refractivity (Wildman–Crippen MR) is 64.0 cm³/mol. The van der Waals surface area contributed by atoms with Gasteiger partial charge >= 0.3 is 0 Å². The van der Waals surface area contributed by atoms with Crippen molar-refractivity contribution < 1.29 is 4.79 Å². The molecule has 2 unspecified atom stereocenters. The summed E-state index contributed by atoms with van der Waals surface area (Å²) in [4.78, 5) is 14.7. The third-order valence-corrected chi connectivity index (χ3v) is 4.98. The monoisotopic (exact) mass is 221 g/mol. The molecule has 3 saturated carbocycles. The van der Waals surface area contributed by atoms with Crippen LogP contribution >= 0.6 is 0 Å². The Hall–Kier alpha value is -0.530. The van der Waals surface area contributed by atoms with Gasteiger partial charge in [0.15, 0.2) is 0 Å². The van der Waals surface area contributed by atoms with Gasteiger partial charge in [-0.3, -0.25) is 4.79 Å². The molecule has 2 atom stereocenters. The van der Waals surface area contributed by atoms with Gasteiger partial charge in [0.1, 0.15) is 0 Å². The quantitative estimate of drug-likeness (QED) is 0.717. The van der Waals surface area contributed by atoms with E-state index < -0.39 is 0 Å². The van der Waals surface area contributed by atoms with Crippen molar-refractivity contribution in [2.75, 3.05) is 6.54 Å². The molecule has 0 aromatic heterocycles. The predicted octanol–water partition coefficient (Wildman–Crippen LogP) is 2.82. The highest BCUT2D eigenvalue weighted by Gasteiger charge is 2.49. The first-order valence-electron chi connectivity index (χ1n) is 7.10. The zero-order valence-electron chi connectivity index (χ0n) is 10.3. The SMILES string of the molecule is CCN(C(=O)C1CC2CC2C1)C1CCCC1. The second-order valence-corrected chi connectivity index (χ2v) is 5.99. The van der Waals surface area contributed by atoms with E-state index in [1.165, 1.54) is 44.9 Å². The van der Waals surface area contributed by atoms with E-state index >= 15 is 0 Å². The second kappa shape index (κ2) is 4.05. The topological polar surface area (TPSA) is 20.3 Å². The van der Waals surface area contributed by atoms with Gasteiger partial charge in [0.05, 0.1) is 0 Å². The largest absolute Gasteiger partial charge is 0.340 e. The fourth-order valence-electron chi connectivity index (χ4n) is 3.96. The lowest BCUT2D eigenvalue weighted by molar-refractivity contribution is -0.137. The van der Waals surface area contributed by atoms with Crippen LogP contribution in [0.5, 0.6) is 0 Å². The van der Waals surface area contributed by atoms with Gasteiger partial charge in [-0.15, -0.1) is 0 Å². The number of carbonyl (C=O) groups excluding carboxylic acids is 1. The summed E-state index contributed by atoms with van der Waals surface area (Å²) in [7, 11) is 0. The molecule has 3 fully saturated rings. The molecule has 3 rings (SSSR count). The molecule has 0 radical (unpaired) electrons. The van der Waals surface area contributed by atoms with E-state index in [4.69, 9.17) is 0 Å². The second-order valence-electron chi connectivity index (χ2n) is 5.99. The summed E-state index contributed by atoms with van der Waals surface area (Å²) in [5.41, 5.74) is 0. The molecule has 2 heteroatoms. The van der Waals surface area contributed by atoms with Crippen LogP contribution in [0, 0.1) is 17.8 Å². The van der Waals surface area contributed by atoms with E-state index in [-0.39, 0.29) is 0 Å². The van der Waals surface area contributed by atoms with Crippen LogP contribution in [0.15, 0.2) is 0 Å². The summed E-state index contributed by atoms with van der Waals surface area (Å²) in [6.07, 6.45) is 8.96. The number of carbonyl (C=O) groups is 1. The van der Waals surface area contributed by atoms with Crippen LogP contribution in [0.3, 0.4) is 0 Å². The number of amides is 1. The fraction of sp³-hybridized carbons (Fsp3) is 0.929. The number of fused-ring (bicyclic) bond motifs is 1. The minimum absolute atomic E-state index is 0.393. The Bertz CT molecular complexity index is 272. The maximum absolute atomic E-state index is 12.5. The molecule has 0 aromatic carbocycles. The molecule has 3 aliphatic rings. The molecule has 16 heavy (non-hydrogen) atoms. The van der Waals surface area contributed by atoms with E-state index in [0.717, 1.165) is 18.4 Å². The number of nitrogens with zero attached hydrogens (tertiary/aromatic N) is 1.